The number of thioether (sulfide) groups is 1. The van der Waals surface area contributed by atoms with E-state index in [9.17, 15) is 14.9 Å². The first-order chi connectivity index (χ1) is 16.1. The number of methoxy groups -OCH3 is 1. The van der Waals surface area contributed by atoms with Gasteiger partial charge in [-0.1, -0.05) is 43.9 Å². The molecule has 1 atom stereocenters. The predicted molar refractivity (Wildman–Crippen MR) is 141 cm³/mol. The molecule has 0 aliphatic carbocycles. The number of hydrogen-bond acceptors (Lipinski definition) is 5. The summed E-state index contributed by atoms with van der Waals surface area (Å²) in [4.78, 5) is 26.5. The molecule has 0 spiro atoms. The van der Waals surface area contributed by atoms with Crippen molar-refractivity contribution in [3.05, 3.63) is 54.1 Å². The highest BCUT2D eigenvalue weighted by atomic mass is 32.2. The average molecular weight is 496 g/mol. The van der Waals surface area contributed by atoms with Gasteiger partial charge in [0.25, 0.3) is 5.91 Å². The molecule has 8 heteroatoms. The molecule has 3 rings (SSSR count). The number of benzene rings is 2. The first kappa shape index (κ1) is 25.9. The van der Waals surface area contributed by atoms with Crippen molar-refractivity contribution in [1.82, 2.24) is 10.6 Å². The van der Waals surface area contributed by atoms with E-state index in [1.165, 1.54) is 0 Å². The number of rotatable bonds is 8. The molecule has 0 radical (unpaired) electrons. The predicted octanol–water partition coefficient (Wildman–Crippen LogP) is 4.70. The lowest BCUT2D eigenvalue weighted by Gasteiger charge is -2.34. The highest BCUT2D eigenvalue weighted by Gasteiger charge is 2.37. The van der Waals surface area contributed by atoms with Crippen molar-refractivity contribution in [2.24, 2.45) is 0 Å². The summed E-state index contributed by atoms with van der Waals surface area (Å²) >= 11 is 1.79. The van der Waals surface area contributed by atoms with Crippen molar-refractivity contribution in [1.29, 1.82) is 5.26 Å². The summed E-state index contributed by atoms with van der Waals surface area (Å²) in [5.74, 6) is 1.86. The Kier molecular flexibility index (Phi) is 8.45. The van der Waals surface area contributed by atoms with Crippen LogP contribution in [0.5, 0.6) is 5.75 Å². The second-order valence-electron chi connectivity index (χ2n) is 9.90. The molecule has 0 saturated carbocycles. The quantitative estimate of drug-likeness (QED) is 0.518. The summed E-state index contributed by atoms with van der Waals surface area (Å²) in [6, 6.07) is 17.2. The van der Waals surface area contributed by atoms with Gasteiger partial charge in [0.2, 0.25) is 5.91 Å². The van der Waals surface area contributed by atoms with Crippen LogP contribution in [0.1, 0.15) is 23.2 Å². The minimum Gasteiger partial charge on any atom is -0.497 e. The van der Waals surface area contributed by atoms with Gasteiger partial charge in [-0.15, -0.1) is 0 Å². The van der Waals surface area contributed by atoms with Crippen LogP contribution in [0, 0.1) is 11.3 Å². The molecule has 2 N–H and O–H groups in total. The Morgan fingerprint density at radius 2 is 1.76 bits per heavy atom. The van der Waals surface area contributed by atoms with Crippen LogP contribution in [0.2, 0.25) is 25.7 Å². The van der Waals surface area contributed by atoms with Gasteiger partial charge in [-0.3, -0.25) is 9.59 Å². The van der Waals surface area contributed by atoms with Gasteiger partial charge < -0.3 is 15.4 Å². The normalized spacial score (nSPS) is 16.1. The van der Waals surface area contributed by atoms with Crippen LogP contribution in [-0.2, 0) is 4.79 Å². The minimum atomic E-state index is -1.70. The van der Waals surface area contributed by atoms with Crippen LogP contribution in [0.25, 0.3) is 11.1 Å². The number of hydrogen-bond donors (Lipinski definition) is 2. The van der Waals surface area contributed by atoms with E-state index in [1.54, 1.807) is 24.9 Å². The maximum absolute atomic E-state index is 13.3. The third kappa shape index (κ3) is 6.87. The maximum Gasteiger partial charge on any atom is 0.251 e. The van der Waals surface area contributed by atoms with Crippen LogP contribution >= 0.6 is 11.8 Å². The first-order valence-corrected chi connectivity index (χ1v) is 16.4. The van der Waals surface area contributed by atoms with Gasteiger partial charge in [-0.05, 0) is 65.8 Å². The van der Waals surface area contributed by atoms with Gasteiger partial charge in [0.05, 0.1) is 13.2 Å². The monoisotopic (exact) mass is 495 g/mol. The average Bonchev–Trinajstić information content (AvgIpc) is 2.83. The van der Waals surface area contributed by atoms with Crippen molar-refractivity contribution in [2.75, 3.05) is 18.6 Å². The van der Waals surface area contributed by atoms with Gasteiger partial charge in [0, 0.05) is 13.6 Å². The molecule has 2 aromatic carbocycles. The van der Waals surface area contributed by atoms with Crippen molar-refractivity contribution in [2.45, 2.75) is 50.1 Å². The first-order valence-electron chi connectivity index (χ1n) is 11.5. The lowest BCUT2D eigenvalue weighted by molar-refractivity contribution is -0.124. The van der Waals surface area contributed by atoms with Crippen molar-refractivity contribution in [3.63, 3.8) is 0 Å². The Balaban J connectivity index is 1.80. The van der Waals surface area contributed by atoms with E-state index in [4.69, 9.17) is 4.74 Å². The van der Waals surface area contributed by atoms with E-state index in [0.717, 1.165) is 28.4 Å². The number of carbonyl (C=O) groups excluding carboxylic acids is 2. The molecule has 34 heavy (non-hydrogen) atoms. The summed E-state index contributed by atoms with van der Waals surface area (Å²) < 4.78 is 5.32. The van der Waals surface area contributed by atoms with E-state index in [1.807, 2.05) is 42.5 Å². The molecule has 2 aromatic rings. The summed E-state index contributed by atoms with van der Waals surface area (Å²) in [7, 11) is -0.0814. The number of ether oxygens (including phenoxy) is 1. The summed E-state index contributed by atoms with van der Waals surface area (Å²) in [5.41, 5.74) is 1.46. The second kappa shape index (κ2) is 11.1. The molecule has 180 valence electrons. The van der Waals surface area contributed by atoms with E-state index in [2.05, 4.69) is 36.3 Å². The Morgan fingerprint density at radius 1 is 1.12 bits per heavy atom. The zero-order chi connectivity index (χ0) is 24.8. The number of nitrogens with one attached hydrogen (secondary N) is 2. The van der Waals surface area contributed by atoms with Gasteiger partial charge in [0.15, 0.2) is 0 Å². The molecule has 2 amide bonds. The topological polar surface area (TPSA) is 91.2 Å². The highest BCUT2D eigenvalue weighted by molar-refractivity contribution is 7.99. The minimum absolute atomic E-state index is 0.270. The molecule has 1 unspecified atom stereocenters. The molecule has 1 aliphatic heterocycles. The van der Waals surface area contributed by atoms with E-state index >= 15 is 0 Å². The van der Waals surface area contributed by atoms with Gasteiger partial charge in [-0.25, -0.2) is 0 Å². The van der Waals surface area contributed by atoms with Gasteiger partial charge in [0.1, 0.15) is 17.3 Å². The fraction of sp³-hybridized carbons (Fsp3) is 0.423. The molecule has 1 fully saturated rings. The molecule has 0 aromatic heterocycles. The van der Waals surface area contributed by atoms with Crippen molar-refractivity contribution >= 4 is 31.7 Å². The smallest absolute Gasteiger partial charge is 0.251 e. The van der Waals surface area contributed by atoms with Gasteiger partial charge in [-0.2, -0.15) is 17.0 Å². The summed E-state index contributed by atoms with van der Waals surface area (Å²) in [5, 5.41) is 15.7. The standard InChI is InChI=1S/C26H33N3O3SSi/c1-32-22-10-6-8-20(16-22)19-7-5-9-21(15-19)24(30)28-23(17-34(2,3)4)25(31)29-26(18-27)11-13-33-14-12-26/h5-10,15-16,23H,11-14,17H2,1-4H3,(H,28,30)(H,29,31). The molecule has 0 bridgehead atoms. The molecular formula is C26H33N3O3SSi. The fourth-order valence-electron chi connectivity index (χ4n) is 4.01. The van der Waals surface area contributed by atoms with Crippen LogP contribution in [0.15, 0.2) is 48.5 Å². The number of amides is 2. The lowest BCUT2D eigenvalue weighted by Crippen LogP contribution is -2.57. The molecular weight excluding hydrogens is 462 g/mol. The molecule has 1 aliphatic rings. The third-order valence-electron chi connectivity index (χ3n) is 5.89. The van der Waals surface area contributed by atoms with Crippen LogP contribution in [-0.4, -0.2) is 50.1 Å². The lowest BCUT2D eigenvalue weighted by atomic mass is 9.93. The Hall–Kier alpha value is -2.76. The number of carbonyl (C=O) groups is 2. The number of nitriles is 1. The molecule has 6 nitrogen and oxygen atoms in total. The van der Waals surface area contributed by atoms with Crippen LogP contribution in [0.3, 0.4) is 0 Å². The zero-order valence-corrected chi connectivity index (χ0v) is 22.1. The third-order valence-corrected chi connectivity index (χ3v) is 8.51. The number of nitrogens with zero attached hydrogens (tertiary/aromatic N) is 1. The molecule has 1 heterocycles. The molecule has 1 saturated heterocycles. The maximum atomic E-state index is 13.3. The fourth-order valence-corrected chi connectivity index (χ4v) is 6.72. The van der Waals surface area contributed by atoms with Crippen molar-refractivity contribution in [3.8, 4) is 22.9 Å². The zero-order valence-electron chi connectivity index (χ0n) is 20.3. The van der Waals surface area contributed by atoms with Crippen LogP contribution in [0.4, 0.5) is 0 Å². The Morgan fingerprint density at radius 3 is 2.38 bits per heavy atom. The summed E-state index contributed by atoms with van der Waals surface area (Å²) in [6.45, 7) is 6.50. The SMILES string of the molecule is COc1cccc(-c2cccc(C(=O)NC(C[Si](C)(C)C)C(=O)NC3(C#N)CCSCC3)c2)c1. The highest BCUT2D eigenvalue weighted by Crippen LogP contribution is 2.27. The van der Waals surface area contributed by atoms with Crippen LogP contribution < -0.4 is 15.4 Å². The van der Waals surface area contributed by atoms with Crippen molar-refractivity contribution < 1.29 is 14.3 Å². The van der Waals surface area contributed by atoms with E-state index < -0.39 is 19.7 Å². The van der Waals surface area contributed by atoms with Gasteiger partial charge >= 0.3 is 0 Å². The Bertz CT molecular complexity index is 1070. The largest absolute Gasteiger partial charge is 0.497 e. The van der Waals surface area contributed by atoms with E-state index in [-0.39, 0.29) is 11.8 Å². The Labute approximate surface area is 207 Å². The van der Waals surface area contributed by atoms with E-state index in [0.29, 0.717) is 24.4 Å². The second-order valence-corrected chi connectivity index (χ2v) is 16.7. The summed E-state index contributed by atoms with van der Waals surface area (Å²) in [6.07, 6.45) is 1.24.